The maximum absolute atomic E-state index is 5.89. The largest absolute Gasteiger partial charge is 0.376 e. The number of rotatable bonds is 2. The van der Waals surface area contributed by atoms with E-state index in [9.17, 15) is 0 Å². The molecule has 4 heteroatoms. The summed E-state index contributed by atoms with van der Waals surface area (Å²) in [7, 11) is 0. The molecule has 0 bridgehead atoms. The summed E-state index contributed by atoms with van der Waals surface area (Å²) in [6.07, 6.45) is 4.32. The monoisotopic (exact) mass is 200 g/mol. The summed E-state index contributed by atoms with van der Waals surface area (Å²) in [6.45, 7) is 3.70. The molecule has 1 saturated heterocycles. The van der Waals surface area contributed by atoms with Crippen molar-refractivity contribution >= 4 is 11.6 Å². The van der Waals surface area contributed by atoms with E-state index >= 15 is 0 Å². The third-order valence-electron chi connectivity index (χ3n) is 2.44. The van der Waals surface area contributed by atoms with Crippen LogP contribution in [0.3, 0.4) is 0 Å². The van der Waals surface area contributed by atoms with Gasteiger partial charge in [0.05, 0.1) is 29.6 Å². The van der Waals surface area contributed by atoms with Crippen LogP contribution < -0.4 is 0 Å². The van der Waals surface area contributed by atoms with Gasteiger partial charge in [-0.3, -0.25) is 4.68 Å². The molecule has 3 nitrogen and oxygen atoms in total. The summed E-state index contributed by atoms with van der Waals surface area (Å²) in [6, 6.07) is 0. The Kier molecular flexibility index (Phi) is 2.56. The molecular weight excluding hydrogens is 188 g/mol. The van der Waals surface area contributed by atoms with Crippen molar-refractivity contribution in [1.82, 2.24) is 9.78 Å². The van der Waals surface area contributed by atoms with Gasteiger partial charge in [-0.1, -0.05) is 11.6 Å². The van der Waals surface area contributed by atoms with Gasteiger partial charge in [0.1, 0.15) is 0 Å². The Labute approximate surface area is 82.6 Å². The number of hydrogen-bond acceptors (Lipinski definition) is 2. The van der Waals surface area contributed by atoms with E-state index in [-0.39, 0.29) is 0 Å². The predicted octanol–water partition coefficient (Wildman–Crippen LogP) is 2.02. The molecule has 1 aromatic rings. The molecule has 1 aliphatic heterocycles. The smallest absolute Gasteiger partial charge is 0.0814 e. The van der Waals surface area contributed by atoms with Gasteiger partial charge >= 0.3 is 0 Å². The van der Waals surface area contributed by atoms with Crippen LogP contribution in [0.4, 0.5) is 0 Å². The minimum absolute atomic E-state index is 0.328. The Hall–Kier alpha value is -0.540. The Bertz CT molecular complexity index is 292. The number of aromatic nitrogens is 2. The van der Waals surface area contributed by atoms with Crippen LogP contribution in [-0.4, -0.2) is 22.5 Å². The van der Waals surface area contributed by atoms with Gasteiger partial charge in [-0.15, -0.1) is 0 Å². The molecule has 0 aliphatic carbocycles. The van der Waals surface area contributed by atoms with Crippen molar-refractivity contribution in [3.63, 3.8) is 0 Å². The second-order valence-electron chi connectivity index (χ2n) is 3.40. The van der Waals surface area contributed by atoms with Crippen molar-refractivity contribution in [3.05, 3.63) is 16.9 Å². The molecule has 1 fully saturated rings. The molecule has 1 aromatic heterocycles. The Morgan fingerprint density at radius 3 is 3.15 bits per heavy atom. The first-order valence-electron chi connectivity index (χ1n) is 4.57. The molecule has 0 amide bonds. The van der Waals surface area contributed by atoms with Crippen LogP contribution in [0.5, 0.6) is 0 Å². The fraction of sp³-hybridized carbons (Fsp3) is 0.667. The molecule has 0 radical (unpaired) electrons. The summed E-state index contributed by atoms with van der Waals surface area (Å²) in [5.74, 6) is 0. The van der Waals surface area contributed by atoms with Crippen molar-refractivity contribution in [3.8, 4) is 0 Å². The Balaban J connectivity index is 2.04. The topological polar surface area (TPSA) is 27.1 Å². The lowest BCUT2D eigenvalue weighted by molar-refractivity contribution is 0.0934. The first kappa shape index (κ1) is 9.03. The molecule has 0 aromatic carbocycles. The molecule has 72 valence electrons. The normalized spacial score (nSPS) is 22.5. The third-order valence-corrected chi connectivity index (χ3v) is 2.81. The lowest BCUT2D eigenvalue weighted by Crippen LogP contribution is -2.16. The summed E-state index contributed by atoms with van der Waals surface area (Å²) in [5.41, 5.74) is 1.03. The van der Waals surface area contributed by atoms with Crippen molar-refractivity contribution in [2.45, 2.75) is 32.4 Å². The van der Waals surface area contributed by atoms with Crippen LogP contribution in [0.1, 0.15) is 18.5 Å². The molecule has 1 atom stereocenters. The fourth-order valence-corrected chi connectivity index (χ4v) is 1.73. The molecule has 0 saturated carbocycles. The van der Waals surface area contributed by atoms with E-state index in [1.54, 1.807) is 6.20 Å². The summed E-state index contributed by atoms with van der Waals surface area (Å²) in [4.78, 5) is 0. The SMILES string of the molecule is Cc1c(Cl)cnn1CC1CCCO1. The minimum Gasteiger partial charge on any atom is -0.376 e. The lowest BCUT2D eigenvalue weighted by Gasteiger charge is -2.10. The zero-order valence-electron chi connectivity index (χ0n) is 7.66. The van der Waals surface area contributed by atoms with Crippen LogP contribution in [0, 0.1) is 6.92 Å². The average molecular weight is 201 g/mol. The van der Waals surface area contributed by atoms with Crippen molar-refractivity contribution in [1.29, 1.82) is 0 Å². The van der Waals surface area contributed by atoms with Gasteiger partial charge in [-0.2, -0.15) is 5.10 Å². The fourth-order valence-electron chi connectivity index (χ4n) is 1.59. The Morgan fingerprint density at radius 1 is 1.77 bits per heavy atom. The van der Waals surface area contributed by atoms with Crippen molar-refractivity contribution in [2.75, 3.05) is 6.61 Å². The predicted molar refractivity (Wildman–Crippen MR) is 50.9 cm³/mol. The molecule has 1 unspecified atom stereocenters. The standard InChI is InChI=1S/C9H13ClN2O/c1-7-9(10)5-11-12(7)6-8-3-2-4-13-8/h5,8H,2-4,6H2,1H3. The highest BCUT2D eigenvalue weighted by Gasteiger charge is 2.17. The van der Waals surface area contributed by atoms with Crippen molar-refractivity contribution in [2.24, 2.45) is 0 Å². The van der Waals surface area contributed by atoms with E-state index in [0.717, 1.165) is 30.3 Å². The van der Waals surface area contributed by atoms with Crippen LogP contribution >= 0.6 is 11.6 Å². The van der Waals surface area contributed by atoms with Gasteiger partial charge in [0.25, 0.3) is 0 Å². The average Bonchev–Trinajstić information content (AvgIpc) is 2.71. The summed E-state index contributed by atoms with van der Waals surface area (Å²) >= 11 is 5.89. The number of halogens is 1. The zero-order valence-corrected chi connectivity index (χ0v) is 8.42. The van der Waals surface area contributed by atoms with Crippen molar-refractivity contribution < 1.29 is 4.74 Å². The highest BCUT2D eigenvalue weighted by Crippen LogP contribution is 2.18. The molecule has 1 aliphatic rings. The van der Waals surface area contributed by atoms with Gasteiger partial charge in [0.15, 0.2) is 0 Å². The second-order valence-corrected chi connectivity index (χ2v) is 3.80. The summed E-state index contributed by atoms with van der Waals surface area (Å²) < 4.78 is 7.43. The van der Waals surface area contributed by atoms with E-state index < -0.39 is 0 Å². The molecule has 0 N–H and O–H groups in total. The molecule has 2 heterocycles. The number of hydrogen-bond donors (Lipinski definition) is 0. The first-order chi connectivity index (χ1) is 6.27. The number of ether oxygens (including phenoxy) is 1. The Morgan fingerprint density at radius 2 is 2.62 bits per heavy atom. The van der Waals surface area contributed by atoms with Gasteiger partial charge in [0.2, 0.25) is 0 Å². The van der Waals surface area contributed by atoms with Gasteiger partial charge < -0.3 is 4.74 Å². The molecule has 2 rings (SSSR count). The van der Waals surface area contributed by atoms with E-state index in [1.807, 2.05) is 11.6 Å². The minimum atomic E-state index is 0.328. The van der Waals surface area contributed by atoms with E-state index in [2.05, 4.69) is 5.10 Å². The van der Waals surface area contributed by atoms with Gasteiger partial charge in [0, 0.05) is 6.61 Å². The first-order valence-corrected chi connectivity index (χ1v) is 4.94. The van der Waals surface area contributed by atoms with Crippen LogP contribution in [0.15, 0.2) is 6.20 Å². The van der Waals surface area contributed by atoms with Crippen LogP contribution in [0.2, 0.25) is 5.02 Å². The maximum atomic E-state index is 5.89. The highest BCUT2D eigenvalue weighted by atomic mass is 35.5. The van der Waals surface area contributed by atoms with E-state index in [1.165, 1.54) is 6.42 Å². The van der Waals surface area contributed by atoms with E-state index in [4.69, 9.17) is 16.3 Å². The summed E-state index contributed by atoms with van der Waals surface area (Å²) in [5, 5.41) is 4.92. The lowest BCUT2D eigenvalue weighted by atomic mass is 10.2. The van der Waals surface area contributed by atoms with Gasteiger partial charge in [-0.25, -0.2) is 0 Å². The van der Waals surface area contributed by atoms with E-state index in [0.29, 0.717) is 6.10 Å². The quantitative estimate of drug-likeness (QED) is 0.731. The molecular formula is C9H13ClN2O. The zero-order chi connectivity index (χ0) is 9.26. The maximum Gasteiger partial charge on any atom is 0.0814 e. The van der Waals surface area contributed by atoms with Gasteiger partial charge in [-0.05, 0) is 19.8 Å². The van der Waals surface area contributed by atoms with Crippen LogP contribution in [0.25, 0.3) is 0 Å². The molecule has 13 heavy (non-hydrogen) atoms. The molecule has 0 spiro atoms. The second kappa shape index (κ2) is 3.68. The van der Waals surface area contributed by atoms with Crippen LogP contribution in [-0.2, 0) is 11.3 Å². The highest BCUT2D eigenvalue weighted by molar-refractivity contribution is 6.31. The number of nitrogens with zero attached hydrogens (tertiary/aromatic N) is 2. The third kappa shape index (κ3) is 1.86.